The fourth-order valence-electron chi connectivity index (χ4n) is 2.96. The topological polar surface area (TPSA) is 58.1 Å². The van der Waals surface area contributed by atoms with Gasteiger partial charge in [-0.05, 0) is 43.0 Å². The average Bonchev–Trinajstić information content (AvgIpc) is 3.08. The van der Waals surface area contributed by atoms with Crippen LogP contribution >= 0.6 is 0 Å². The molecule has 0 saturated carbocycles. The molecule has 5 nitrogen and oxygen atoms in total. The third-order valence-electron chi connectivity index (χ3n) is 4.45. The smallest absolute Gasteiger partial charge is 0.370 e. The Hall–Kier alpha value is -2.64. The molecule has 1 fully saturated rings. The minimum Gasteiger partial charge on any atom is -0.370 e. The molecule has 1 saturated heterocycles. The second kappa shape index (κ2) is 7.31. The zero-order chi connectivity index (χ0) is 18.7. The third-order valence-corrected chi connectivity index (χ3v) is 4.45. The fourth-order valence-corrected chi connectivity index (χ4v) is 2.96. The number of aryl methyl sites for hydroxylation is 1. The van der Waals surface area contributed by atoms with Crippen LogP contribution in [0.5, 0.6) is 0 Å². The van der Waals surface area contributed by atoms with Crippen molar-refractivity contribution >= 4 is 11.7 Å². The molecule has 8 heteroatoms. The summed E-state index contributed by atoms with van der Waals surface area (Å²) in [5.74, 6) is 0.522. The fraction of sp³-hybridized carbons (Fsp3) is 0.389. The van der Waals surface area contributed by atoms with Gasteiger partial charge in [-0.3, -0.25) is 9.78 Å². The van der Waals surface area contributed by atoms with Crippen molar-refractivity contribution in [2.24, 2.45) is 5.92 Å². The minimum atomic E-state index is -4.39. The van der Waals surface area contributed by atoms with Crippen molar-refractivity contribution < 1.29 is 18.0 Å². The number of rotatable bonds is 4. The number of alkyl halides is 3. The normalized spacial score (nSPS) is 17.4. The van der Waals surface area contributed by atoms with Crippen LogP contribution in [0.2, 0.25) is 0 Å². The van der Waals surface area contributed by atoms with Gasteiger partial charge in [-0.25, -0.2) is 4.98 Å². The highest BCUT2D eigenvalue weighted by molar-refractivity contribution is 5.93. The molecule has 1 N–H and O–H groups in total. The zero-order valence-electron chi connectivity index (χ0n) is 14.3. The highest BCUT2D eigenvalue weighted by atomic mass is 19.4. The van der Waals surface area contributed by atoms with E-state index in [1.54, 1.807) is 17.2 Å². The first-order valence-corrected chi connectivity index (χ1v) is 8.32. The Bertz CT molecular complexity index is 777. The average molecular weight is 364 g/mol. The molecule has 1 aliphatic heterocycles. The Labute approximate surface area is 149 Å². The van der Waals surface area contributed by atoms with Gasteiger partial charge in [0.15, 0.2) is 0 Å². The number of carbonyl (C=O) groups is 1. The highest BCUT2D eigenvalue weighted by Gasteiger charge is 2.31. The number of hydrogen-bond acceptors (Lipinski definition) is 4. The van der Waals surface area contributed by atoms with E-state index in [0.29, 0.717) is 31.1 Å². The Balaban J connectivity index is 1.53. The van der Waals surface area contributed by atoms with Crippen molar-refractivity contribution in [2.75, 3.05) is 25.0 Å². The summed E-state index contributed by atoms with van der Waals surface area (Å²) in [5, 5.41) is 3.04. The molecule has 2 aromatic rings. The summed E-state index contributed by atoms with van der Waals surface area (Å²) >= 11 is 0. The van der Waals surface area contributed by atoms with Gasteiger partial charge >= 0.3 is 6.18 Å². The molecule has 0 aromatic carbocycles. The first kappa shape index (κ1) is 18.2. The van der Waals surface area contributed by atoms with Gasteiger partial charge in [-0.2, -0.15) is 13.2 Å². The van der Waals surface area contributed by atoms with E-state index >= 15 is 0 Å². The molecule has 1 amide bonds. The van der Waals surface area contributed by atoms with E-state index in [9.17, 15) is 18.0 Å². The molecule has 1 unspecified atom stereocenters. The lowest BCUT2D eigenvalue weighted by Gasteiger charge is -2.17. The van der Waals surface area contributed by atoms with E-state index in [2.05, 4.69) is 15.3 Å². The predicted molar refractivity (Wildman–Crippen MR) is 90.7 cm³/mol. The molecule has 2 aromatic heterocycles. The van der Waals surface area contributed by atoms with Crippen molar-refractivity contribution in [1.82, 2.24) is 14.9 Å². The van der Waals surface area contributed by atoms with Crippen molar-refractivity contribution in [1.29, 1.82) is 0 Å². The van der Waals surface area contributed by atoms with E-state index < -0.39 is 11.7 Å². The van der Waals surface area contributed by atoms with E-state index in [-0.39, 0.29) is 11.8 Å². The van der Waals surface area contributed by atoms with Crippen molar-refractivity contribution in [3.05, 3.63) is 53.5 Å². The van der Waals surface area contributed by atoms with Crippen molar-refractivity contribution in [3.8, 4) is 0 Å². The van der Waals surface area contributed by atoms with E-state index in [1.807, 2.05) is 13.0 Å². The van der Waals surface area contributed by atoms with Gasteiger partial charge in [0, 0.05) is 32.0 Å². The summed E-state index contributed by atoms with van der Waals surface area (Å²) in [7, 11) is 0. The number of likely N-dealkylation sites (tertiary alicyclic amines) is 1. The van der Waals surface area contributed by atoms with Crippen LogP contribution in [0.15, 0.2) is 36.7 Å². The molecule has 1 atom stereocenters. The largest absolute Gasteiger partial charge is 0.417 e. The molecular weight excluding hydrogens is 345 g/mol. The van der Waals surface area contributed by atoms with Gasteiger partial charge < -0.3 is 10.2 Å². The summed E-state index contributed by atoms with van der Waals surface area (Å²) in [6.45, 7) is 3.62. The molecule has 3 heterocycles. The number of halogens is 3. The Morgan fingerprint density at radius 1 is 1.31 bits per heavy atom. The number of amides is 1. The monoisotopic (exact) mass is 364 g/mol. The number of carbonyl (C=O) groups excluding carboxylic acids is 1. The van der Waals surface area contributed by atoms with Crippen LogP contribution in [0.4, 0.5) is 19.0 Å². The number of nitrogens with zero attached hydrogens (tertiary/aromatic N) is 3. The first-order chi connectivity index (χ1) is 12.3. The molecule has 0 spiro atoms. The summed E-state index contributed by atoms with van der Waals surface area (Å²) < 4.78 is 37.6. The van der Waals surface area contributed by atoms with Crippen LogP contribution in [-0.2, 0) is 6.18 Å². The maximum absolute atomic E-state index is 12.5. The second-order valence-electron chi connectivity index (χ2n) is 6.39. The first-order valence-electron chi connectivity index (χ1n) is 8.32. The molecule has 0 radical (unpaired) electrons. The van der Waals surface area contributed by atoms with Crippen LogP contribution in [-0.4, -0.2) is 40.4 Å². The van der Waals surface area contributed by atoms with Crippen LogP contribution in [0.3, 0.4) is 0 Å². The van der Waals surface area contributed by atoms with Gasteiger partial charge in [0.05, 0.1) is 5.56 Å². The Morgan fingerprint density at radius 2 is 2.12 bits per heavy atom. The Morgan fingerprint density at radius 3 is 2.77 bits per heavy atom. The number of hydrogen-bond donors (Lipinski definition) is 1. The summed E-state index contributed by atoms with van der Waals surface area (Å²) in [4.78, 5) is 22.3. The summed E-state index contributed by atoms with van der Waals surface area (Å²) in [6.07, 6.45) is -1.14. The lowest BCUT2D eigenvalue weighted by molar-refractivity contribution is -0.137. The predicted octanol–water partition coefficient (Wildman–Crippen LogP) is 3.38. The van der Waals surface area contributed by atoms with Crippen molar-refractivity contribution in [3.63, 3.8) is 0 Å². The quantitative estimate of drug-likeness (QED) is 0.904. The molecule has 0 aliphatic carbocycles. The number of pyridine rings is 2. The summed E-state index contributed by atoms with van der Waals surface area (Å²) in [6, 6.07) is 5.97. The minimum absolute atomic E-state index is 0.0849. The highest BCUT2D eigenvalue weighted by Crippen LogP contribution is 2.29. The van der Waals surface area contributed by atoms with Crippen LogP contribution in [0.25, 0.3) is 0 Å². The van der Waals surface area contributed by atoms with E-state index in [1.165, 1.54) is 6.07 Å². The lowest BCUT2D eigenvalue weighted by Crippen LogP contribution is -2.31. The molecule has 26 heavy (non-hydrogen) atoms. The van der Waals surface area contributed by atoms with Gasteiger partial charge in [0.1, 0.15) is 11.5 Å². The van der Waals surface area contributed by atoms with Gasteiger partial charge in [-0.15, -0.1) is 0 Å². The molecule has 0 bridgehead atoms. The molecule has 138 valence electrons. The summed E-state index contributed by atoms with van der Waals surface area (Å²) in [5.41, 5.74) is 0.532. The number of anilines is 1. The lowest BCUT2D eigenvalue weighted by atomic mass is 10.1. The molecule has 1 aliphatic rings. The zero-order valence-corrected chi connectivity index (χ0v) is 14.3. The van der Waals surface area contributed by atoms with E-state index in [4.69, 9.17) is 0 Å². The van der Waals surface area contributed by atoms with E-state index in [0.717, 1.165) is 24.2 Å². The van der Waals surface area contributed by atoms with Gasteiger partial charge in [0.2, 0.25) is 0 Å². The number of aromatic nitrogens is 2. The molecular formula is C18H19F3N4O. The van der Waals surface area contributed by atoms with Crippen LogP contribution in [0, 0.1) is 12.8 Å². The van der Waals surface area contributed by atoms with Gasteiger partial charge in [0.25, 0.3) is 5.91 Å². The Kier molecular flexibility index (Phi) is 5.11. The third kappa shape index (κ3) is 4.12. The second-order valence-corrected chi connectivity index (χ2v) is 6.39. The maximum Gasteiger partial charge on any atom is 0.417 e. The van der Waals surface area contributed by atoms with Crippen LogP contribution in [0.1, 0.15) is 28.0 Å². The molecule has 3 rings (SSSR count). The standard InChI is InChI=1S/C18H19F3N4O/c1-12-3-2-7-22-16(12)17(26)25-8-6-13(11-25)9-23-15-5-4-14(10-24-15)18(19,20)21/h2-5,7,10,13H,6,8-9,11H2,1H3,(H,23,24). The maximum atomic E-state index is 12.5. The van der Waals surface area contributed by atoms with Gasteiger partial charge in [-0.1, -0.05) is 6.07 Å². The number of nitrogens with one attached hydrogen (secondary N) is 1. The SMILES string of the molecule is Cc1cccnc1C(=O)N1CCC(CNc2ccc(C(F)(F)F)cn2)C1. The van der Waals surface area contributed by atoms with Crippen LogP contribution < -0.4 is 5.32 Å². The van der Waals surface area contributed by atoms with Crippen molar-refractivity contribution in [2.45, 2.75) is 19.5 Å².